The van der Waals surface area contributed by atoms with Crippen LogP contribution in [0.25, 0.3) is 10.9 Å². The van der Waals surface area contributed by atoms with E-state index in [1.165, 1.54) is 12.5 Å². The van der Waals surface area contributed by atoms with Gasteiger partial charge in [-0.2, -0.15) is 0 Å². The predicted octanol–water partition coefficient (Wildman–Crippen LogP) is 3.75. The van der Waals surface area contributed by atoms with Crippen LogP contribution in [-0.2, 0) is 0 Å². The quantitative estimate of drug-likeness (QED) is 0.778. The van der Waals surface area contributed by atoms with Crippen LogP contribution in [0.5, 0.6) is 0 Å². The molecule has 2 heterocycles. The summed E-state index contributed by atoms with van der Waals surface area (Å²) < 4.78 is 27.8. The van der Waals surface area contributed by atoms with Gasteiger partial charge in [0.15, 0.2) is 0 Å². The second-order valence-corrected chi connectivity index (χ2v) is 5.28. The molecule has 0 saturated carbocycles. The maximum Gasteiger partial charge on any atom is 0.149 e. The number of halogens is 2. The van der Waals surface area contributed by atoms with Gasteiger partial charge in [0, 0.05) is 19.3 Å². The normalized spacial score (nSPS) is 19.9. The van der Waals surface area contributed by atoms with Crippen molar-refractivity contribution in [3.8, 4) is 0 Å². The Morgan fingerprint density at radius 3 is 2.79 bits per heavy atom. The van der Waals surface area contributed by atoms with Gasteiger partial charge in [0.1, 0.15) is 17.2 Å². The number of hydrogen-bond acceptors (Lipinski definition) is 2. The van der Waals surface area contributed by atoms with E-state index < -0.39 is 11.6 Å². The SMILES string of the molecule is CC1CCCN(c2ccnc3c(F)ccc(F)c23)C1. The molecule has 0 radical (unpaired) electrons. The summed E-state index contributed by atoms with van der Waals surface area (Å²) in [4.78, 5) is 6.11. The van der Waals surface area contributed by atoms with E-state index in [0.717, 1.165) is 31.3 Å². The molecule has 3 rings (SSSR count). The lowest BCUT2D eigenvalue weighted by Crippen LogP contribution is -2.34. The summed E-state index contributed by atoms with van der Waals surface area (Å²) >= 11 is 0. The number of aromatic nitrogens is 1. The summed E-state index contributed by atoms with van der Waals surface area (Å²) in [7, 11) is 0. The molecule has 0 N–H and O–H groups in total. The van der Waals surface area contributed by atoms with Gasteiger partial charge in [-0.3, -0.25) is 4.98 Å². The van der Waals surface area contributed by atoms with Crippen LogP contribution in [0.3, 0.4) is 0 Å². The van der Waals surface area contributed by atoms with Crippen LogP contribution in [0, 0.1) is 17.6 Å². The fourth-order valence-electron chi connectivity index (χ4n) is 2.85. The second kappa shape index (κ2) is 4.76. The van der Waals surface area contributed by atoms with Gasteiger partial charge in [0.2, 0.25) is 0 Å². The third-order valence-electron chi connectivity index (χ3n) is 3.77. The highest BCUT2D eigenvalue weighted by atomic mass is 19.1. The number of hydrogen-bond donors (Lipinski definition) is 0. The van der Waals surface area contributed by atoms with Gasteiger partial charge in [-0.15, -0.1) is 0 Å². The van der Waals surface area contributed by atoms with Gasteiger partial charge in [-0.05, 0) is 37.0 Å². The minimum Gasteiger partial charge on any atom is -0.371 e. The molecule has 0 amide bonds. The molecule has 0 bridgehead atoms. The first kappa shape index (κ1) is 12.3. The average Bonchev–Trinajstić information content (AvgIpc) is 2.42. The maximum atomic E-state index is 14.0. The van der Waals surface area contributed by atoms with Crippen LogP contribution in [0.2, 0.25) is 0 Å². The fraction of sp³-hybridized carbons (Fsp3) is 0.400. The Hall–Kier alpha value is -1.71. The average molecular weight is 262 g/mol. The first-order valence-electron chi connectivity index (χ1n) is 6.64. The van der Waals surface area contributed by atoms with E-state index in [4.69, 9.17) is 0 Å². The van der Waals surface area contributed by atoms with Gasteiger partial charge in [-0.1, -0.05) is 6.92 Å². The molecular weight excluding hydrogens is 246 g/mol. The van der Waals surface area contributed by atoms with Gasteiger partial charge in [0.05, 0.1) is 11.1 Å². The molecule has 0 aliphatic carbocycles. The van der Waals surface area contributed by atoms with Crippen LogP contribution in [-0.4, -0.2) is 18.1 Å². The van der Waals surface area contributed by atoms with Crippen LogP contribution in [0.1, 0.15) is 19.8 Å². The lowest BCUT2D eigenvalue weighted by molar-refractivity contribution is 0.447. The molecule has 1 saturated heterocycles. The Kier molecular flexibility index (Phi) is 3.09. The molecule has 19 heavy (non-hydrogen) atoms. The summed E-state index contributed by atoms with van der Waals surface area (Å²) in [6.45, 7) is 3.96. The lowest BCUT2D eigenvalue weighted by Gasteiger charge is -2.33. The van der Waals surface area contributed by atoms with Gasteiger partial charge < -0.3 is 4.90 Å². The number of benzene rings is 1. The van der Waals surface area contributed by atoms with E-state index in [1.807, 2.05) is 0 Å². The standard InChI is InChI=1S/C15H16F2N2/c1-10-3-2-8-19(9-10)13-6-7-18-15-12(17)5-4-11(16)14(13)15/h4-7,10H,2-3,8-9H2,1H3. The third-order valence-corrected chi connectivity index (χ3v) is 3.77. The largest absolute Gasteiger partial charge is 0.371 e. The number of rotatable bonds is 1. The molecule has 1 aliphatic rings. The van der Waals surface area contributed by atoms with Crippen molar-refractivity contribution in [2.75, 3.05) is 18.0 Å². The Balaban J connectivity index is 2.15. The zero-order valence-electron chi connectivity index (χ0n) is 10.9. The first-order valence-corrected chi connectivity index (χ1v) is 6.64. The summed E-state index contributed by atoms with van der Waals surface area (Å²) in [6.07, 6.45) is 3.83. The fourth-order valence-corrected chi connectivity index (χ4v) is 2.85. The van der Waals surface area contributed by atoms with Crippen molar-refractivity contribution in [2.24, 2.45) is 5.92 Å². The lowest BCUT2D eigenvalue weighted by atomic mass is 9.99. The number of piperidine rings is 1. The topological polar surface area (TPSA) is 16.1 Å². The minimum absolute atomic E-state index is 0.121. The van der Waals surface area contributed by atoms with Crippen molar-refractivity contribution in [1.82, 2.24) is 4.98 Å². The van der Waals surface area contributed by atoms with E-state index in [-0.39, 0.29) is 5.52 Å². The minimum atomic E-state index is -0.469. The molecule has 4 heteroatoms. The van der Waals surface area contributed by atoms with Crippen molar-refractivity contribution in [2.45, 2.75) is 19.8 Å². The molecule has 1 fully saturated rings. The summed E-state index contributed by atoms with van der Waals surface area (Å²) in [5.41, 5.74) is 0.879. The summed E-state index contributed by atoms with van der Waals surface area (Å²) in [6, 6.07) is 4.09. The third kappa shape index (κ3) is 2.15. The molecular formula is C15H16F2N2. The molecule has 2 aromatic rings. The molecule has 0 spiro atoms. The van der Waals surface area contributed by atoms with Gasteiger partial charge in [0.25, 0.3) is 0 Å². The number of anilines is 1. The predicted molar refractivity (Wildman–Crippen MR) is 72.3 cm³/mol. The zero-order valence-corrected chi connectivity index (χ0v) is 10.9. The van der Waals surface area contributed by atoms with E-state index in [9.17, 15) is 8.78 Å². The van der Waals surface area contributed by atoms with E-state index >= 15 is 0 Å². The molecule has 1 unspecified atom stereocenters. The Morgan fingerprint density at radius 2 is 2.00 bits per heavy atom. The van der Waals surface area contributed by atoms with E-state index in [0.29, 0.717) is 11.3 Å². The monoisotopic (exact) mass is 262 g/mol. The molecule has 2 nitrogen and oxygen atoms in total. The molecule has 100 valence electrons. The number of pyridine rings is 1. The maximum absolute atomic E-state index is 14.0. The highest BCUT2D eigenvalue weighted by molar-refractivity contribution is 5.92. The van der Waals surface area contributed by atoms with Crippen LogP contribution < -0.4 is 4.90 Å². The van der Waals surface area contributed by atoms with Crippen LogP contribution >= 0.6 is 0 Å². The second-order valence-electron chi connectivity index (χ2n) is 5.28. The Bertz CT molecular complexity index is 612. The highest BCUT2D eigenvalue weighted by Gasteiger charge is 2.20. The van der Waals surface area contributed by atoms with Crippen molar-refractivity contribution < 1.29 is 8.78 Å². The van der Waals surface area contributed by atoms with Gasteiger partial charge in [-0.25, -0.2) is 8.78 Å². The highest BCUT2D eigenvalue weighted by Crippen LogP contribution is 2.31. The van der Waals surface area contributed by atoms with Crippen LogP contribution in [0.4, 0.5) is 14.5 Å². The molecule has 1 atom stereocenters. The number of nitrogens with zero attached hydrogens (tertiary/aromatic N) is 2. The summed E-state index contributed by atoms with van der Waals surface area (Å²) in [5.74, 6) is -0.297. The van der Waals surface area contributed by atoms with Crippen molar-refractivity contribution in [3.05, 3.63) is 36.0 Å². The number of fused-ring (bicyclic) bond motifs is 1. The molecule has 1 aromatic heterocycles. The first-order chi connectivity index (χ1) is 9.16. The Morgan fingerprint density at radius 1 is 1.21 bits per heavy atom. The van der Waals surface area contributed by atoms with E-state index in [1.54, 1.807) is 12.3 Å². The summed E-state index contributed by atoms with van der Waals surface area (Å²) in [5, 5.41) is 0.302. The molecule has 1 aromatic carbocycles. The smallest absolute Gasteiger partial charge is 0.149 e. The van der Waals surface area contributed by atoms with E-state index in [2.05, 4.69) is 16.8 Å². The van der Waals surface area contributed by atoms with Crippen molar-refractivity contribution >= 4 is 16.6 Å². The molecule has 1 aliphatic heterocycles. The van der Waals surface area contributed by atoms with Crippen LogP contribution in [0.15, 0.2) is 24.4 Å². The van der Waals surface area contributed by atoms with Crippen molar-refractivity contribution in [3.63, 3.8) is 0 Å². The van der Waals surface area contributed by atoms with Gasteiger partial charge >= 0.3 is 0 Å². The zero-order chi connectivity index (χ0) is 13.4. The van der Waals surface area contributed by atoms with Crippen molar-refractivity contribution in [1.29, 1.82) is 0 Å². The Labute approximate surface area is 111 Å².